The summed E-state index contributed by atoms with van der Waals surface area (Å²) in [6.07, 6.45) is 1.57. The number of nitrogens with one attached hydrogen (secondary N) is 2. The molecule has 0 unspecified atom stereocenters. The van der Waals surface area contributed by atoms with E-state index in [9.17, 15) is 0 Å². The molecule has 1 heterocycles. The second-order valence-corrected chi connectivity index (χ2v) is 2.60. The highest BCUT2D eigenvalue weighted by Gasteiger charge is 1.90. The Kier molecular flexibility index (Phi) is 2.50. The standard InChI is InChI=1S/C5H6N4S2/c6-4(10)8-3-1-2-7-5(11)9-3/h1-2H,(H4,6,7,8,9,10,11). The first-order chi connectivity index (χ1) is 5.18. The van der Waals surface area contributed by atoms with Crippen molar-refractivity contribution in [1.29, 1.82) is 0 Å². The summed E-state index contributed by atoms with van der Waals surface area (Å²) >= 11 is 9.37. The molecule has 0 aliphatic rings. The van der Waals surface area contributed by atoms with Crippen LogP contribution in [-0.4, -0.2) is 15.1 Å². The number of aromatic amines is 1. The second kappa shape index (κ2) is 3.40. The zero-order valence-electron chi connectivity index (χ0n) is 5.50. The van der Waals surface area contributed by atoms with Gasteiger partial charge in [0.05, 0.1) is 0 Å². The molecule has 0 radical (unpaired) electrons. The van der Waals surface area contributed by atoms with Gasteiger partial charge in [-0.2, -0.15) is 0 Å². The lowest BCUT2D eigenvalue weighted by molar-refractivity contribution is 1.14. The van der Waals surface area contributed by atoms with Gasteiger partial charge < -0.3 is 16.0 Å². The summed E-state index contributed by atoms with van der Waals surface area (Å²) in [6.45, 7) is 0. The maximum Gasteiger partial charge on any atom is 0.198 e. The smallest absolute Gasteiger partial charge is 0.198 e. The molecule has 11 heavy (non-hydrogen) atoms. The SMILES string of the molecule is NC(=S)Nc1ccnc(=S)[nH]1. The largest absolute Gasteiger partial charge is 0.376 e. The Morgan fingerprint density at radius 1 is 1.73 bits per heavy atom. The van der Waals surface area contributed by atoms with Crippen LogP contribution in [0.1, 0.15) is 0 Å². The number of anilines is 1. The average Bonchev–Trinajstić information content (AvgIpc) is 1.85. The van der Waals surface area contributed by atoms with E-state index >= 15 is 0 Å². The van der Waals surface area contributed by atoms with E-state index in [1.807, 2.05) is 0 Å². The molecule has 1 aromatic rings. The number of hydrogen-bond donors (Lipinski definition) is 3. The molecule has 0 aromatic carbocycles. The number of hydrogen-bond acceptors (Lipinski definition) is 3. The fourth-order valence-electron chi connectivity index (χ4n) is 0.574. The first kappa shape index (κ1) is 8.09. The summed E-state index contributed by atoms with van der Waals surface area (Å²) in [6, 6.07) is 1.69. The minimum atomic E-state index is 0.196. The van der Waals surface area contributed by atoms with Crippen molar-refractivity contribution >= 4 is 35.4 Å². The molecule has 4 N–H and O–H groups in total. The zero-order valence-corrected chi connectivity index (χ0v) is 7.13. The topological polar surface area (TPSA) is 66.7 Å². The summed E-state index contributed by atoms with van der Waals surface area (Å²) < 4.78 is 0.395. The van der Waals surface area contributed by atoms with Crippen molar-refractivity contribution in [3.8, 4) is 0 Å². The van der Waals surface area contributed by atoms with Crippen molar-refractivity contribution < 1.29 is 0 Å². The highest BCUT2D eigenvalue weighted by Crippen LogP contribution is 1.97. The van der Waals surface area contributed by atoms with Crippen LogP contribution in [0.5, 0.6) is 0 Å². The molecule has 0 saturated heterocycles. The van der Waals surface area contributed by atoms with Crippen molar-refractivity contribution in [1.82, 2.24) is 9.97 Å². The normalized spacial score (nSPS) is 9.09. The van der Waals surface area contributed by atoms with E-state index in [1.165, 1.54) is 0 Å². The van der Waals surface area contributed by atoms with E-state index in [1.54, 1.807) is 12.3 Å². The van der Waals surface area contributed by atoms with Crippen LogP contribution in [0.15, 0.2) is 12.3 Å². The van der Waals surface area contributed by atoms with E-state index in [2.05, 4.69) is 27.5 Å². The van der Waals surface area contributed by atoms with Gasteiger partial charge in [0.1, 0.15) is 5.82 Å². The molecular weight excluding hydrogens is 180 g/mol. The quantitative estimate of drug-likeness (QED) is 0.566. The van der Waals surface area contributed by atoms with Gasteiger partial charge >= 0.3 is 0 Å². The minimum Gasteiger partial charge on any atom is -0.376 e. The molecule has 58 valence electrons. The lowest BCUT2D eigenvalue weighted by Gasteiger charge is -2.00. The van der Waals surface area contributed by atoms with Crippen LogP contribution in [0.4, 0.5) is 5.82 Å². The maximum absolute atomic E-state index is 5.22. The van der Waals surface area contributed by atoms with Crippen LogP contribution in [0, 0.1) is 4.77 Å². The molecule has 0 spiro atoms. The molecule has 0 amide bonds. The molecule has 0 atom stereocenters. The molecule has 1 aromatic heterocycles. The number of nitrogens with two attached hydrogens (primary N) is 1. The third kappa shape index (κ3) is 2.60. The molecule has 0 bridgehead atoms. The van der Waals surface area contributed by atoms with Gasteiger partial charge in [-0.15, -0.1) is 0 Å². The fraction of sp³-hybridized carbons (Fsp3) is 0. The highest BCUT2D eigenvalue weighted by molar-refractivity contribution is 7.80. The Morgan fingerprint density at radius 3 is 3.00 bits per heavy atom. The van der Waals surface area contributed by atoms with Gasteiger partial charge in [-0.05, 0) is 30.5 Å². The summed E-state index contributed by atoms with van der Waals surface area (Å²) in [5, 5.41) is 2.89. The van der Waals surface area contributed by atoms with Gasteiger partial charge in [0.2, 0.25) is 0 Å². The van der Waals surface area contributed by atoms with Crippen molar-refractivity contribution in [3.63, 3.8) is 0 Å². The lowest BCUT2D eigenvalue weighted by atomic mass is 10.6. The third-order valence-corrected chi connectivity index (χ3v) is 1.24. The van der Waals surface area contributed by atoms with E-state index in [4.69, 9.17) is 18.0 Å². The van der Waals surface area contributed by atoms with Crippen molar-refractivity contribution in [3.05, 3.63) is 17.0 Å². The third-order valence-electron chi connectivity index (χ3n) is 0.932. The highest BCUT2D eigenvalue weighted by atomic mass is 32.1. The predicted molar refractivity (Wildman–Crippen MR) is 49.8 cm³/mol. The Labute approximate surface area is 73.8 Å². The van der Waals surface area contributed by atoms with Gasteiger partial charge in [0.25, 0.3) is 0 Å². The zero-order chi connectivity index (χ0) is 8.27. The van der Waals surface area contributed by atoms with Crippen molar-refractivity contribution in [2.75, 3.05) is 5.32 Å². The molecule has 1 rings (SSSR count). The number of nitrogens with zero attached hydrogens (tertiary/aromatic N) is 1. The first-order valence-corrected chi connectivity index (χ1v) is 3.62. The number of aromatic nitrogens is 2. The summed E-state index contributed by atoms with van der Waals surface area (Å²) in [4.78, 5) is 6.55. The second-order valence-electron chi connectivity index (χ2n) is 1.78. The van der Waals surface area contributed by atoms with E-state index in [0.717, 1.165) is 0 Å². The number of H-pyrrole nitrogens is 1. The predicted octanol–water partition coefficient (Wildman–Crippen LogP) is 0.795. The van der Waals surface area contributed by atoms with E-state index < -0.39 is 0 Å². The number of thiocarbonyl (C=S) groups is 1. The van der Waals surface area contributed by atoms with Gasteiger partial charge in [-0.3, -0.25) is 0 Å². The van der Waals surface area contributed by atoms with Gasteiger partial charge in [-0.1, -0.05) is 0 Å². The molecule has 0 aliphatic carbocycles. The Morgan fingerprint density at radius 2 is 2.45 bits per heavy atom. The van der Waals surface area contributed by atoms with Crippen LogP contribution in [0.25, 0.3) is 0 Å². The van der Waals surface area contributed by atoms with E-state index in [-0.39, 0.29) is 5.11 Å². The summed E-state index contributed by atoms with van der Waals surface area (Å²) in [5.74, 6) is 0.650. The maximum atomic E-state index is 5.22. The van der Waals surface area contributed by atoms with Gasteiger partial charge in [-0.25, -0.2) is 4.98 Å². The van der Waals surface area contributed by atoms with Crippen LogP contribution in [-0.2, 0) is 0 Å². The molecule has 6 heteroatoms. The molecular formula is C5H6N4S2. The molecule has 0 fully saturated rings. The molecule has 0 saturated carbocycles. The molecule has 4 nitrogen and oxygen atoms in total. The van der Waals surface area contributed by atoms with Gasteiger partial charge in [0, 0.05) is 6.20 Å². The van der Waals surface area contributed by atoms with Crippen molar-refractivity contribution in [2.45, 2.75) is 0 Å². The van der Waals surface area contributed by atoms with E-state index in [0.29, 0.717) is 10.6 Å². The first-order valence-electron chi connectivity index (χ1n) is 2.80. The minimum absolute atomic E-state index is 0.196. The van der Waals surface area contributed by atoms with Crippen LogP contribution in [0.2, 0.25) is 0 Å². The van der Waals surface area contributed by atoms with Crippen LogP contribution < -0.4 is 11.1 Å². The average molecular weight is 186 g/mol. The Hall–Kier alpha value is -1.01. The van der Waals surface area contributed by atoms with Crippen LogP contribution >= 0.6 is 24.4 Å². The van der Waals surface area contributed by atoms with Crippen molar-refractivity contribution in [2.24, 2.45) is 5.73 Å². The Balaban J connectivity index is 2.88. The number of rotatable bonds is 1. The van der Waals surface area contributed by atoms with Crippen LogP contribution in [0.3, 0.4) is 0 Å². The lowest BCUT2D eigenvalue weighted by Crippen LogP contribution is -2.19. The monoisotopic (exact) mass is 186 g/mol. The van der Waals surface area contributed by atoms with Gasteiger partial charge in [0.15, 0.2) is 9.88 Å². The fourth-order valence-corrected chi connectivity index (χ4v) is 0.855. The Bertz CT molecular complexity index is 318. The summed E-state index contributed by atoms with van der Waals surface area (Å²) in [7, 11) is 0. The summed E-state index contributed by atoms with van der Waals surface area (Å²) in [5.41, 5.74) is 5.22. The molecule has 0 aliphatic heterocycles.